The Morgan fingerprint density at radius 1 is 1.16 bits per heavy atom. The maximum Gasteiger partial charge on any atom is 0.416 e. The van der Waals surface area contributed by atoms with Crippen molar-refractivity contribution in [3.8, 4) is 0 Å². The predicted octanol–water partition coefficient (Wildman–Crippen LogP) is 3.83. The largest absolute Gasteiger partial charge is 0.416 e. The van der Waals surface area contributed by atoms with Crippen molar-refractivity contribution in [2.75, 3.05) is 13.1 Å². The molecular formula is C20H19F5N6. The molecular weight excluding hydrogens is 419 g/mol. The molecule has 1 aromatic carbocycles. The van der Waals surface area contributed by atoms with Gasteiger partial charge < -0.3 is 10.8 Å². The third-order valence-corrected chi connectivity index (χ3v) is 5.56. The number of piperidine rings is 1. The molecule has 0 bridgehead atoms. The van der Waals surface area contributed by atoms with E-state index in [1.54, 1.807) is 11.1 Å². The van der Waals surface area contributed by atoms with Crippen LogP contribution in [0.1, 0.15) is 29.7 Å². The summed E-state index contributed by atoms with van der Waals surface area (Å²) in [7, 11) is 0. The van der Waals surface area contributed by atoms with Gasteiger partial charge in [0.05, 0.1) is 17.0 Å². The number of nitrogens with two attached hydrogens (primary N) is 1. The molecule has 0 aliphatic carbocycles. The van der Waals surface area contributed by atoms with Crippen molar-refractivity contribution in [1.29, 1.82) is 0 Å². The molecule has 4 rings (SSSR count). The van der Waals surface area contributed by atoms with Crippen LogP contribution in [0.5, 0.6) is 0 Å². The highest BCUT2D eigenvalue weighted by Gasteiger charge is 2.33. The van der Waals surface area contributed by atoms with Gasteiger partial charge in [-0.3, -0.25) is 4.90 Å². The highest BCUT2D eigenvalue weighted by atomic mass is 19.4. The quantitative estimate of drug-likeness (QED) is 0.281. The van der Waals surface area contributed by atoms with Crippen molar-refractivity contribution in [3.63, 3.8) is 0 Å². The molecule has 3 N–H and O–H groups in total. The number of H-pyrrole nitrogens is 1. The van der Waals surface area contributed by atoms with Crippen molar-refractivity contribution in [1.82, 2.24) is 19.9 Å². The Kier molecular flexibility index (Phi) is 5.61. The molecule has 3 heterocycles. The number of hydrazone groups is 1. The summed E-state index contributed by atoms with van der Waals surface area (Å²) in [5, 5.41) is 4.74. The summed E-state index contributed by atoms with van der Waals surface area (Å²) in [5.41, 5.74) is 0.209. The van der Waals surface area contributed by atoms with Crippen LogP contribution in [0.3, 0.4) is 0 Å². The molecule has 11 heteroatoms. The molecule has 0 atom stereocenters. The fourth-order valence-corrected chi connectivity index (χ4v) is 3.94. The van der Waals surface area contributed by atoms with Gasteiger partial charge in [-0.25, -0.2) is 18.7 Å². The number of fused-ring (bicyclic) bond motifs is 1. The number of nitrogens with one attached hydrogen (secondary N) is 1. The number of benzene rings is 1. The molecule has 0 spiro atoms. The lowest BCUT2D eigenvalue weighted by Crippen LogP contribution is -2.37. The van der Waals surface area contributed by atoms with E-state index in [2.05, 4.69) is 20.1 Å². The molecule has 1 fully saturated rings. The molecule has 0 saturated carbocycles. The Morgan fingerprint density at radius 2 is 1.84 bits per heavy atom. The Labute approximate surface area is 174 Å². The van der Waals surface area contributed by atoms with Crippen LogP contribution in [0, 0.1) is 17.6 Å². The summed E-state index contributed by atoms with van der Waals surface area (Å²) >= 11 is 0. The maximum absolute atomic E-state index is 14.2. The Morgan fingerprint density at radius 3 is 2.45 bits per heavy atom. The zero-order valence-corrected chi connectivity index (χ0v) is 16.3. The molecule has 0 unspecified atom stereocenters. The number of aromatic amines is 1. The first-order valence-corrected chi connectivity index (χ1v) is 9.61. The Bertz CT molecular complexity index is 1090. The Balaban J connectivity index is 1.46. The number of aromatic nitrogens is 3. The number of alkyl halides is 3. The van der Waals surface area contributed by atoms with E-state index >= 15 is 0 Å². The summed E-state index contributed by atoms with van der Waals surface area (Å²) in [6.07, 6.45) is -0.425. The highest BCUT2D eigenvalue weighted by Crippen LogP contribution is 2.32. The van der Waals surface area contributed by atoms with Crippen LogP contribution in [-0.4, -0.2) is 38.7 Å². The molecule has 1 aliphatic rings. The molecule has 1 aliphatic heterocycles. The third-order valence-electron chi connectivity index (χ3n) is 5.56. The van der Waals surface area contributed by atoms with Crippen molar-refractivity contribution >= 4 is 16.7 Å². The van der Waals surface area contributed by atoms with Crippen molar-refractivity contribution < 1.29 is 22.0 Å². The first-order chi connectivity index (χ1) is 14.8. The lowest BCUT2D eigenvalue weighted by atomic mass is 9.89. The summed E-state index contributed by atoms with van der Waals surface area (Å²) in [5.74, 6) is 3.24. The summed E-state index contributed by atoms with van der Waals surface area (Å²) in [6.45, 7) is 0.836. The standard InChI is InChI=1S/C20H19F5N6/c21-15-7-12(20(23,24)25)8-16(22)14(15)9-31-5-2-11(3-6-31)17(30-26)18-13-1-4-27-19(13)29-10-28-18/h1,4,7-8,10-11H,2-3,5-6,9,26H2,(H,27,28,29). The van der Waals surface area contributed by atoms with Gasteiger partial charge >= 0.3 is 6.18 Å². The second-order valence-electron chi connectivity index (χ2n) is 7.44. The van der Waals surface area contributed by atoms with Crippen LogP contribution in [0.2, 0.25) is 0 Å². The molecule has 1 saturated heterocycles. The summed E-state index contributed by atoms with van der Waals surface area (Å²) in [6, 6.07) is 2.50. The van der Waals surface area contributed by atoms with Gasteiger partial charge in [0.25, 0.3) is 0 Å². The smallest absolute Gasteiger partial charge is 0.346 e. The van der Waals surface area contributed by atoms with Gasteiger partial charge in [0.15, 0.2) is 0 Å². The molecule has 0 radical (unpaired) electrons. The zero-order valence-electron chi connectivity index (χ0n) is 16.3. The lowest BCUT2D eigenvalue weighted by Gasteiger charge is -2.32. The van der Waals surface area contributed by atoms with E-state index in [0.29, 0.717) is 55.1 Å². The lowest BCUT2D eigenvalue weighted by molar-refractivity contribution is -0.138. The maximum atomic E-state index is 14.2. The van der Waals surface area contributed by atoms with Crippen LogP contribution >= 0.6 is 0 Å². The molecule has 31 heavy (non-hydrogen) atoms. The van der Waals surface area contributed by atoms with Gasteiger partial charge in [0.2, 0.25) is 0 Å². The van der Waals surface area contributed by atoms with Crippen LogP contribution in [-0.2, 0) is 12.7 Å². The normalized spacial score (nSPS) is 16.9. The van der Waals surface area contributed by atoms with Crippen LogP contribution in [0.25, 0.3) is 11.0 Å². The number of nitrogens with zero attached hydrogens (tertiary/aromatic N) is 4. The van der Waals surface area contributed by atoms with Crippen molar-refractivity contribution in [2.45, 2.75) is 25.6 Å². The summed E-state index contributed by atoms with van der Waals surface area (Å²) < 4.78 is 66.5. The fourth-order valence-electron chi connectivity index (χ4n) is 3.94. The average Bonchev–Trinajstić information content (AvgIpc) is 3.21. The molecule has 6 nitrogen and oxygen atoms in total. The Hall–Kier alpha value is -3.08. The van der Waals surface area contributed by atoms with E-state index < -0.39 is 23.4 Å². The zero-order chi connectivity index (χ0) is 22.2. The number of rotatable bonds is 4. The van der Waals surface area contributed by atoms with E-state index in [1.807, 2.05) is 6.07 Å². The average molecular weight is 438 g/mol. The van der Waals surface area contributed by atoms with Crippen LogP contribution in [0.4, 0.5) is 22.0 Å². The van der Waals surface area contributed by atoms with Crippen LogP contribution in [0.15, 0.2) is 35.8 Å². The van der Waals surface area contributed by atoms with Crippen LogP contribution < -0.4 is 5.84 Å². The molecule has 164 valence electrons. The molecule has 2 aromatic heterocycles. The monoisotopic (exact) mass is 438 g/mol. The number of hydrogen-bond acceptors (Lipinski definition) is 5. The van der Waals surface area contributed by atoms with E-state index in [9.17, 15) is 22.0 Å². The van der Waals surface area contributed by atoms with Gasteiger partial charge in [0.1, 0.15) is 23.6 Å². The van der Waals surface area contributed by atoms with Crippen molar-refractivity contribution in [3.05, 3.63) is 59.2 Å². The first kappa shape index (κ1) is 21.2. The SMILES string of the molecule is NN=C(c1ncnc2[nH]ccc12)C1CCN(Cc2c(F)cc(C(F)(F)F)cc2F)CC1. The topological polar surface area (TPSA) is 83.2 Å². The minimum Gasteiger partial charge on any atom is -0.346 e. The first-order valence-electron chi connectivity index (χ1n) is 9.61. The number of hydrogen-bond donors (Lipinski definition) is 2. The van der Waals surface area contributed by atoms with E-state index in [0.717, 1.165) is 5.39 Å². The minimum atomic E-state index is -4.80. The number of likely N-dealkylation sites (tertiary alicyclic amines) is 1. The second-order valence-corrected chi connectivity index (χ2v) is 7.44. The minimum absolute atomic E-state index is 0.0171. The summed E-state index contributed by atoms with van der Waals surface area (Å²) in [4.78, 5) is 13.3. The second kappa shape index (κ2) is 8.22. The number of halogens is 5. The van der Waals surface area contributed by atoms with Gasteiger partial charge in [-0.15, -0.1) is 0 Å². The highest BCUT2D eigenvalue weighted by molar-refractivity contribution is 6.09. The van der Waals surface area contributed by atoms with Gasteiger partial charge in [-0.1, -0.05) is 0 Å². The van der Waals surface area contributed by atoms with Gasteiger partial charge in [-0.2, -0.15) is 18.3 Å². The third kappa shape index (κ3) is 4.22. The van der Waals surface area contributed by atoms with Crippen molar-refractivity contribution in [2.24, 2.45) is 16.9 Å². The molecule has 3 aromatic rings. The van der Waals surface area contributed by atoms with E-state index in [4.69, 9.17) is 5.84 Å². The van der Waals surface area contributed by atoms with Gasteiger partial charge in [-0.05, 0) is 44.1 Å². The van der Waals surface area contributed by atoms with E-state index in [-0.39, 0.29) is 18.0 Å². The molecule has 0 amide bonds. The van der Waals surface area contributed by atoms with E-state index in [1.165, 1.54) is 6.33 Å². The fraction of sp³-hybridized carbons (Fsp3) is 0.350. The predicted molar refractivity (Wildman–Crippen MR) is 104 cm³/mol. The van der Waals surface area contributed by atoms with Gasteiger partial charge in [0, 0.05) is 29.6 Å².